The van der Waals surface area contributed by atoms with Crippen molar-refractivity contribution in [2.75, 3.05) is 6.54 Å². The summed E-state index contributed by atoms with van der Waals surface area (Å²) in [5, 5.41) is 1.24. The second-order valence-corrected chi connectivity index (χ2v) is 10.7. The summed E-state index contributed by atoms with van der Waals surface area (Å²) in [5.41, 5.74) is 10.4. The van der Waals surface area contributed by atoms with E-state index >= 15 is 0 Å². The van der Waals surface area contributed by atoms with Crippen molar-refractivity contribution in [3.8, 4) is 0 Å². The smallest absolute Gasteiger partial charge is 0.283 e. The number of benzene rings is 2. The lowest BCUT2D eigenvalue weighted by molar-refractivity contribution is -0.00454. The Morgan fingerprint density at radius 3 is 2.30 bits per heavy atom. The number of carbonyl (C=O) groups excluding carboxylic acids is 1. The number of rotatable bonds is 7. The van der Waals surface area contributed by atoms with E-state index in [-0.39, 0.29) is 11.3 Å². The Labute approximate surface area is 196 Å². The predicted octanol–water partition coefficient (Wildman–Crippen LogP) is 5.57. The Hall–Kier alpha value is -2.72. The van der Waals surface area contributed by atoms with Crippen LogP contribution in [-0.2, 0) is 11.8 Å². The van der Waals surface area contributed by atoms with Crippen LogP contribution in [0.1, 0.15) is 66.6 Å². The molecule has 1 aromatic heterocycles. The third-order valence-corrected chi connectivity index (χ3v) is 8.37. The van der Waals surface area contributed by atoms with E-state index in [0.717, 1.165) is 42.7 Å². The molecule has 2 N–H and O–H groups in total. The van der Waals surface area contributed by atoms with Gasteiger partial charge in [0.05, 0.1) is 5.52 Å². The average Bonchev–Trinajstić information content (AvgIpc) is 2.83. The molecule has 4 fully saturated rings. The van der Waals surface area contributed by atoms with Crippen LogP contribution in [-0.4, -0.2) is 17.4 Å². The maximum Gasteiger partial charge on any atom is 0.283 e. The fraction of sp³-hybridized carbons (Fsp3) is 0.448. The first-order chi connectivity index (χ1) is 16.2. The molecule has 1 heterocycles. The van der Waals surface area contributed by atoms with Gasteiger partial charge >= 0.3 is 0 Å². The first-order valence-electron chi connectivity index (χ1n) is 12.7. The van der Waals surface area contributed by atoms with Crippen LogP contribution in [0.15, 0.2) is 60.7 Å². The largest absolute Gasteiger partial charge is 0.286 e. The quantitative estimate of drug-likeness (QED) is 0.374. The standard InChI is InChI=1S/C29H33N3O/c33-28(32-30-12-6-9-20-7-2-1-3-8-20)27-16-25(24-10-4-5-11-26(24)31-27)29-17-21-13-22(18-29)15-23(14-21)19-29/h1-5,7-8,10-11,16,21-23,30H,6,9,12-15,17-19H2,(H,32,33). The summed E-state index contributed by atoms with van der Waals surface area (Å²) < 4.78 is 0. The summed E-state index contributed by atoms with van der Waals surface area (Å²) in [4.78, 5) is 17.8. The highest BCUT2D eigenvalue weighted by Gasteiger charge is 2.52. The second-order valence-electron chi connectivity index (χ2n) is 10.7. The minimum absolute atomic E-state index is 0.133. The van der Waals surface area contributed by atoms with Gasteiger partial charge in [-0.25, -0.2) is 10.4 Å². The van der Waals surface area contributed by atoms with E-state index in [0.29, 0.717) is 5.69 Å². The Kier molecular flexibility index (Phi) is 5.41. The molecule has 170 valence electrons. The SMILES string of the molecule is O=C(NNCCCc1ccccc1)c1cc(C23CC4CC(CC(C4)C2)C3)c2ccccc2n1. The number of nitrogens with one attached hydrogen (secondary N) is 2. The van der Waals surface area contributed by atoms with E-state index in [1.807, 2.05) is 12.1 Å². The van der Waals surface area contributed by atoms with Gasteiger partial charge in [0.2, 0.25) is 0 Å². The highest BCUT2D eigenvalue weighted by atomic mass is 16.2. The van der Waals surface area contributed by atoms with Gasteiger partial charge in [0.15, 0.2) is 0 Å². The Bertz CT molecular complexity index is 1120. The van der Waals surface area contributed by atoms with Gasteiger partial charge in [-0.1, -0.05) is 48.5 Å². The molecule has 1 amide bonds. The predicted molar refractivity (Wildman–Crippen MR) is 132 cm³/mol. The maximum absolute atomic E-state index is 13.1. The topological polar surface area (TPSA) is 54.0 Å². The van der Waals surface area contributed by atoms with Crippen molar-refractivity contribution < 1.29 is 4.79 Å². The maximum atomic E-state index is 13.1. The van der Waals surface area contributed by atoms with Crippen LogP contribution in [0.3, 0.4) is 0 Å². The van der Waals surface area contributed by atoms with Crippen LogP contribution >= 0.6 is 0 Å². The van der Waals surface area contributed by atoms with Gasteiger partial charge < -0.3 is 0 Å². The number of carbonyl (C=O) groups is 1. The van der Waals surface area contributed by atoms with Crippen molar-refractivity contribution in [1.29, 1.82) is 0 Å². The molecule has 0 radical (unpaired) electrons. The van der Waals surface area contributed by atoms with E-state index in [4.69, 9.17) is 4.98 Å². The van der Waals surface area contributed by atoms with Crippen molar-refractivity contribution in [2.24, 2.45) is 17.8 Å². The number of hydrogen-bond acceptors (Lipinski definition) is 3. The first-order valence-corrected chi connectivity index (χ1v) is 12.7. The molecule has 0 aliphatic heterocycles. The summed E-state index contributed by atoms with van der Waals surface area (Å²) in [5.74, 6) is 2.47. The fourth-order valence-electron chi connectivity index (χ4n) is 7.40. The first kappa shape index (κ1) is 20.9. The van der Waals surface area contributed by atoms with E-state index in [9.17, 15) is 4.79 Å². The number of hydrazine groups is 1. The summed E-state index contributed by atoms with van der Waals surface area (Å²) in [6.45, 7) is 0.732. The number of pyridine rings is 1. The van der Waals surface area contributed by atoms with Gasteiger partial charge in [0.25, 0.3) is 5.91 Å². The van der Waals surface area contributed by atoms with Gasteiger partial charge in [-0.2, -0.15) is 0 Å². The molecule has 4 aliphatic rings. The van der Waals surface area contributed by atoms with Gasteiger partial charge in [-0.15, -0.1) is 0 Å². The lowest BCUT2D eigenvalue weighted by atomic mass is 9.48. The zero-order chi connectivity index (χ0) is 22.3. The molecule has 2 aromatic carbocycles. The van der Waals surface area contributed by atoms with Crippen molar-refractivity contribution in [2.45, 2.75) is 56.8 Å². The second kappa shape index (κ2) is 8.57. The van der Waals surface area contributed by atoms with Crippen molar-refractivity contribution in [1.82, 2.24) is 15.8 Å². The molecule has 0 atom stereocenters. The lowest BCUT2D eigenvalue weighted by Crippen LogP contribution is -2.48. The van der Waals surface area contributed by atoms with Gasteiger partial charge in [0.1, 0.15) is 5.69 Å². The minimum Gasteiger partial charge on any atom is -0.286 e. The highest BCUT2D eigenvalue weighted by Crippen LogP contribution is 2.61. The van der Waals surface area contributed by atoms with Crippen LogP contribution in [0, 0.1) is 17.8 Å². The van der Waals surface area contributed by atoms with E-state index < -0.39 is 0 Å². The molecule has 4 aliphatic carbocycles. The number of aromatic nitrogens is 1. The fourth-order valence-corrected chi connectivity index (χ4v) is 7.40. The number of para-hydroxylation sites is 1. The molecule has 4 nitrogen and oxygen atoms in total. The third kappa shape index (κ3) is 4.06. The molecular weight excluding hydrogens is 406 g/mol. The number of aryl methyl sites for hydroxylation is 1. The van der Waals surface area contributed by atoms with E-state index in [1.54, 1.807) is 0 Å². The molecule has 7 rings (SSSR count). The molecule has 4 bridgehead atoms. The summed E-state index contributed by atoms with van der Waals surface area (Å²) in [7, 11) is 0. The van der Waals surface area contributed by atoms with Crippen molar-refractivity contribution in [3.63, 3.8) is 0 Å². The van der Waals surface area contributed by atoms with Crippen molar-refractivity contribution >= 4 is 16.8 Å². The third-order valence-electron chi connectivity index (χ3n) is 8.37. The normalized spacial score (nSPS) is 27.7. The van der Waals surface area contributed by atoms with Crippen LogP contribution < -0.4 is 10.9 Å². The molecule has 4 heteroatoms. The zero-order valence-corrected chi connectivity index (χ0v) is 19.2. The molecule has 33 heavy (non-hydrogen) atoms. The average molecular weight is 440 g/mol. The van der Waals surface area contributed by atoms with Crippen LogP contribution in [0.25, 0.3) is 10.9 Å². The van der Waals surface area contributed by atoms with Gasteiger partial charge in [-0.05, 0) is 97.8 Å². The summed E-state index contributed by atoms with van der Waals surface area (Å²) in [6, 6.07) is 21.0. The van der Waals surface area contributed by atoms with E-state index in [2.05, 4.69) is 59.4 Å². The van der Waals surface area contributed by atoms with Crippen LogP contribution in [0.4, 0.5) is 0 Å². The van der Waals surface area contributed by atoms with Crippen molar-refractivity contribution in [3.05, 3.63) is 77.5 Å². The Morgan fingerprint density at radius 2 is 1.58 bits per heavy atom. The summed E-state index contributed by atoms with van der Waals surface area (Å²) in [6.07, 6.45) is 10.1. The van der Waals surface area contributed by atoms with Crippen LogP contribution in [0.5, 0.6) is 0 Å². The molecule has 3 aromatic rings. The Morgan fingerprint density at radius 1 is 0.909 bits per heavy atom. The molecule has 0 saturated heterocycles. The number of hydrogen-bond donors (Lipinski definition) is 2. The number of fused-ring (bicyclic) bond motifs is 1. The van der Waals surface area contributed by atoms with Crippen LogP contribution in [0.2, 0.25) is 0 Å². The molecule has 0 unspecified atom stereocenters. The van der Waals surface area contributed by atoms with E-state index in [1.165, 1.54) is 55.0 Å². The molecule has 0 spiro atoms. The summed E-state index contributed by atoms with van der Waals surface area (Å²) >= 11 is 0. The number of nitrogens with zero attached hydrogens (tertiary/aromatic N) is 1. The van der Waals surface area contributed by atoms with Gasteiger partial charge in [0, 0.05) is 11.9 Å². The Balaban J connectivity index is 1.20. The highest BCUT2D eigenvalue weighted by molar-refractivity contribution is 5.96. The van der Waals surface area contributed by atoms with Gasteiger partial charge in [-0.3, -0.25) is 10.2 Å². The molecule has 4 saturated carbocycles. The minimum atomic E-state index is -0.133. The molecular formula is C29H33N3O. The number of amides is 1. The lowest BCUT2D eigenvalue weighted by Gasteiger charge is -2.57. The zero-order valence-electron chi connectivity index (χ0n) is 19.2. The monoisotopic (exact) mass is 439 g/mol.